The van der Waals surface area contributed by atoms with Gasteiger partial charge in [-0.25, -0.2) is 4.98 Å². The molecule has 70 heavy (non-hydrogen) atoms. The van der Waals surface area contributed by atoms with Crippen molar-refractivity contribution in [1.29, 1.82) is 5.26 Å². The smallest absolute Gasteiger partial charge is 0.251 e. The second kappa shape index (κ2) is 21.4. The Balaban J connectivity index is 0.831. The van der Waals surface area contributed by atoms with Crippen LogP contribution in [0, 0.1) is 40.4 Å². The third-order valence-corrected chi connectivity index (χ3v) is 15.7. The van der Waals surface area contributed by atoms with Crippen LogP contribution in [-0.4, -0.2) is 115 Å². The van der Waals surface area contributed by atoms with E-state index in [1.165, 1.54) is 0 Å². The van der Waals surface area contributed by atoms with E-state index in [1.54, 1.807) is 34.4 Å². The van der Waals surface area contributed by atoms with Gasteiger partial charge >= 0.3 is 0 Å². The highest BCUT2D eigenvalue weighted by atomic mass is 35.5. The average Bonchev–Trinajstić information content (AvgIpc) is 3.95. The van der Waals surface area contributed by atoms with Crippen LogP contribution in [0.15, 0.2) is 72.2 Å². The number of ether oxygens (including phenoxy) is 2. The summed E-state index contributed by atoms with van der Waals surface area (Å²) in [5.41, 5.74) is 5.53. The second-order valence-electron chi connectivity index (χ2n) is 21.6. The molecule has 1 aliphatic carbocycles. The van der Waals surface area contributed by atoms with Crippen LogP contribution in [0.3, 0.4) is 0 Å². The molecule has 3 heterocycles. The molecule has 16 heteroatoms. The fourth-order valence-electron chi connectivity index (χ4n) is 10.7. The van der Waals surface area contributed by atoms with Crippen LogP contribution in [0.25, 0.3) is 10.4 Å². The molecule has 0 bridgehead atoms. The highest BCUT2D eigenvalue weighted by Gasteiger charge is 2.64. The topological polar surface area (TPSA) is 169 Å². The summed E-state index contributed by atoms with van der Waals surface area (Å²) in [5, 5.41) is 19.0. The zero-order valence-corrected chi connectivity index (χ0v) is 43.8. The van der Waals surface area contributed by atoms with E-state index in [2.05, 4.69) is 64.5 Å². The number of carbonyl (C=O) groups excluding carboxylic acids is 4. The number of nitrogens with zero attached hydrogens (tertiary/aromatic N) is 5. The lowest BCUT2D eigenvalue weighted by Gasteiger charge is -2.63. The number of piperazine rings is 1. The number of hydrogen-bond donors (Lipinski definition) is 3. The van der Waals surface area contributed by atoms with E-state index in [0.29, 0.717) is 48.0 Å². The van der Waals surface area contributed by atoms with E-state index in [9.17, 15) is 24.4 Å². The van der Waals surface area contributed by atoms with E-state index in [-0.39, 0.29) is 65.2 Å². The first-order chi connectivity index (χ1) is 33.1. The number of halogens is 1. The van der Waals surface area contributed by atoms with Crippen LogP contribution < -0.4 is 25.6 Å². The number of likely N-dealkylation sites (tertiary alicyclic amines) is 1. The molecule has 3 aliphatic rings. The van der Waals surface area contributed by atoms with Crippen LogP contribution in [0.4, 0.5) is 5.69 Å². The molecule has 0 spiro atoms. The van der Waals surface area contributed by atoms with Crippen molar-refractivity contribution in [3.63, 3.8) is 0 Å². The first kappa shape index (κ1) is 52.3. The van der Waals surface area contributed by atoms with E-state index in [4.69, 9.17) is 21.1 Å². The summed E-state index contributed by atoms with van der Waals surface area (Å²) < 4.78 is 12.2. The van der Waals surface area contributed by atoms with Gasteiger partial charge in [0.2, 0.25) is 17.7 Å². The molecule has 7 rings (SSSR count). The first-order valence-electron chi connectivity index (χ1n) is 24.3. The molecule has 4 aromatic rings. The number of hydrogen-bond acceptors (Lipinski definition) is 11. The molecule has 4 atom stereocenters. The Morgan fingerprint density at radius 2 is 1.63 bits per heavy atom. The SMILES string of the molecule is Cc1ncsc1-c1ccc([C@H](C)NC(=O)[C@@H]2C[C@@H](C)CN2C(=O)[C@@H](NC(=O)COCCN2CCN(c3ccc(C(=O)NC4C(C)(C)C(Oc5ccc(C#N)c(Cl)c5)C4(C)C)cc3)CC2)C(C)(C)C)cc1. The van der Waals surface area contributed by atoms with Gasteiger partial charge in [-0.05, 0) is 79.1 Å². The molecule has 1 aromatic heterocycles. The van der Waals surface area contributed by atoms with Crippen molar-refractivity contribution in [2.75, 3.05) is 57.4 Å². The summed E-state index contributed by atoms with van der Waals surface area (Å²) >= 11 is 7.86. The highest BCUT2D eigenvalue weighted by molar-refractivity contribution is 7.13. The third-order valence-electron chi connectivity index (χ3n) is 14.4. The van der Waals surface area contributed by atoms with Gasteiger partial charge in [-0.1, -0.05) is 91.3 Å². The lowest BCUT2D eigenvalue weighted by Crippen LogP contribution is -2.74. The Hall–Kier alpha value is -5.53. The first-order valence-corrected chi connectivity index (χ1v) is 25.6. The normalized spacial score (nSPS) is 21.7. The Bertz CT molecular complexity index is 2550. The summed E-state index contributed by atoms with van der Waals surface area (Å²) in [6.07, 6.45) is 0.342. The van der Waals surface area contributed by atoms with Crippen molar-refractivity contribution in [3.05, 3.63) is 99.6 Å². The van der Waals surface area contributed by atoms with Crippen molar-refractivity contribution < 1.29 is 28.7 Å². The number of thiazole rings is 1. The van der Waals surface area contributed by atoms with Gasteiger partial charge in [0, 0.05) is 73.5 Å². The molecule has 374 valence electrons. The van der Waals surface area contributed by atoms with E-state index >= 15 is 0 Å². The maximum Gasteiger partial charge on any atom is 0.251 e. The number of carbonyl (C=O) groups is 4. The van der Waals surface area contributed by atoms with Crippen molar-refractivity contribution in [3.8, 4) is 22.3 Å². The summed E-state index contributed by atoms with van der Waals surface area (Å²) in [5.74, 6) is -0.285. The number of aromatic nitrogens is 1. The molecule has 3 fully saturated rings. The molecule has 14 nitrogen and oxygen atoms in total. The van der Waals surface area contributed by atoms with Crippen molar-refractivity contribution >= 4 is 52.3 Å². The fraction of sp³-hybridized carbons (Fsp3) is 0.519. The van der Waals surface area contributed by atoms with Crippen molar-refractivity contribution in [2.24, 2.45) is 22.2 Å². The van der Waals surface area contributed by atoms with Gasteiger partial charge in [0.15, 0.2) is 0 Å². The minimum absolute atomic E-state index is 0.122. The maximum absolute atomic E-state index is 14.3. The van der Waals surface area contributed by atoms with Crippen molar-refractivity contribution in [1.82, 2.24) is 30.7 Å². The van der Waals surface area contributed by atoms with E-state index < -0.39 is 17.5 Å². The van der Waals surface area contributed by atoms with Crippen LogP contribution >= 0.6 is 22.9 Å². The monoisotopic (exact) mass is 992 g/mol. The number of anilines is 1. The van der Waals surface area contributed by atoms with E-state index in [1.807, 2.05) is 95.6 Å². The summed E-state index contributed by atoms with van der Waals surface area (Å²) in [4.78, 5) is 66.6. The minimum atomic E-state index is -0.849. The standard InChI is InChI=1S/C54H69ClN8O6S/c1-33-27-43(48(66)58-34(2)36-11-13-37(14-12-36)45-35(3)57-32-70-45)63(30-33)49(67)46(52(4,5)6)59-44(64)31-68-26-25-61-21-23-62(24-22-61)40-18-15-38(16-19-40)47(65)60-50-53(7,8)51(54(50,9)10)69-41-20-17-39(29-56)42(55)28-41/h11-20,28,32-34,43,46,50-51H,21-27,30-31H2,1-10H3,(H,58,66)(H,59,64)(H,60,65)/t33-,34+,43+,46-,50?,51?/m1/s1. The van der Waals surface area contributed by atoms with Gasteiger partial charge in [-0.2, -0.15) is 5.26 Å². The number of nitrogens with one attached hydrogen (secondary N) is 3. The number of benzene rings is 3. The third kappa shape index (κ3) is 11.6. The minimum Gasteiger partial charge on any atom is -0.489 e. The predicted molar refractivity (Wildman–Crippen MR) is 275 cm³/mol. The maximum atomic E-state index is 14.3. The second-order valence-corrected chi connectivity index (χ2v) is 22.8. The summed E-state index contributed by atoms with van der Waals surface area (Å²) in [6.45, 7) is 24.5. The zero-order valence-electron chi connectivity index (χ0n) is 42.2. The largest absolute Gasteiger partial charge is 0.489 e. The number of amides is 4. The number of rotatable bonds is 16. The molecule has 4 amide bonds. The molecular weight excluding hydrogens is 924 g/mol. The molecular formula is C54H69ClN8O6S. The fourth-order valence-corrected chi connectivity index (χ4v) is 11.7. The number of aryl methyl sites for hydroxylation is 1. The molecule has 3 N–H and O–H groups in total. The van der Waals surface area contributed by atoms with Gasteiger partial charge in [0.25, 0.3) is 5.91 Å². The summed E-state index contributed by atoms with van der Waals surface area (Å²) in [6, 6.07) is 21.1. The number of nitriles is 1. The zero-order chi connectivity index (χ0) is 50.7. The van der Waals surface area contributed by atoms with Crippen molar-refractivity contribution in [2.45, 2.75) is 106 Å². The molecule has 3 aromatic carbocycles. The Morgan fingerprint density at radius 1 is 0.957 bits per heavy atom. The molecule has 0 unspecified atom stereocenters. The average molecular weight is 994 g/mol. The van der Waals surface area contributed by atoms with Gasteiger partial charge in [-0.15, -0.1) is 11.3 Å². The van der Waals surface area contributed by atoms with Crippen LogP contribution in [0.1, 0.15) is 102 Å². The van der Waals surface area contributed by atoms with Gasteiger partial charge in [-0.3, -0.25) is 24.1 Å². The lowest BCUT2D eigenvalue weighted by atomic mass is 9.49. The van der Waals surface area contributed by atoms with Crippen LogP contribution in [0.2, 0.25) is 5.02 Å². The lowest BCUT2D eigenvalue weighted by molar-refractivity contribution is -0.164. The summed E-state index contributed by atoms with van der Waals surface area (Å²) in [7, 11) is 0. The molecule has 0 radical (unpaired) electrons. The Kier molecular flexibility index (Phi) is 16.0. The predicted octanol–water partition coefficient (Wildman–Crippen LogP) is 8.04. The molecule has 1 saturated carbocycles. The van der Waals surface area contributed by atoms with Gasteiger partial charge in [0.05, 0.1) is 39.3 Å². The van der Waals surface area contributed by atoms with Crippen LogP contribution in [0.5, 0.6) is 5.75 Å². The van der Waals surface area contributed by atoms with Crippen LogP contribution in [-0.2, 0) is 19.1 Å². The van der Waals surface area contributed by atoms with Gasteiger partial charge < -0.3 is 35.2 Å². The quantitative estimate of drug-likeness (QED) is 0.0935. The molecule has 2 aliphatic heterocycles. The Morgan fingerprint density at radius 3 is 2.23 bits per heavy atom. The Labute approximate surface area is 422 Å². The van der Waals surface area contributed by atoms with E-state index in [0.717, 1.165) is 53.6 Å². The van der Waals surface area contributed by atoms with Gasteiger partial charge in [0.1, 0.15) is 36.6 Å². The highest BCUT2D eigenvalue weighted by Crippen LogP contribution is 2.55. The molecule has 2 saturated heterocycles.